The van der Waals surface area contributed by atoms with Crippen molar-refractivity contribution in [2.45, 2.75) is 45.7 Å². The number of rotatable bonds is 5. The molecular weight excluding hydrogens is 266 g/mol. The van der Waals surface area contributed by atoms with Gasteiger partial charge in [-0.25, -0.2) is 4.98 Å². The first kappa shape index (κ1) is 15.9. The van der Waals surface area contributed by atoms with Crippen LogP contribution >= 0.6 is 23.7 Å². The lowest BCUT2D eigenvalue weighted by Crippen LogP contribution is -2.29. The third kappa shape index (κ3) is 4.19. The van der Waals surface area contributed by atoms with Crippen LogP contribution in [-0.2, 0) is 13.0 Å². The molecule has 2 unspecified atom stereocenters. The summed E-state index contributed by atoms with van der Waals surface area (Å²) in [6, 6.07) is 0.326. The lowest BCUT2D eigenvalue weighted by molar-refractivity contribution is 0.308. The highest BCUT2D eigenvalue weighted by Gasteiger charge is 2.25. The number of aromatic nitrogens is 1. The van der Waals surface area contributed by atoms with Crippen LogP contribution in [0.15, 0.2) is 5.38 Å². The second kappa shape index (κ2) is 7.43. The lowest BCUT2D eigenvalue weighted by Gasteiger charge is -2.16. The third-order valence-electron chi connectivity index (χ3n) is 3.52. The number of likely N-dealkylation sites (tertiary alicyclic amines) is 1. The van der Waals surface area contributed by atoms with Gasteiger partial charge in [0.1, 0.15) is 5.01 Å². The molecule has 0 aliphatic carbocycles. The van der Waals surface area contributed by atoms with Crippen LogP contribution in [0.1, 0.15) is 37.4 Å². The molecule has 2 N–H and O–H groups in total. The van der Waals surface area contributed by atoms with Gasteiger partial charge in [-0.2, -0.15) is 0 Å². The fourth-order valence-corrected chi connectivity index (χ4v) is 3.29. The van der Waals surface area contributed by atoms with Crippen LogP contribution in [0.4, 0.5) is 0 Å². The average Bonchev–Trinajstić information content (AvgIpc) is 2.89. The van der Waals surface area contributed by atoms with Gasteiger partial charge in [-0.05, 0) is 32.2 Å². The van der Waals surface area contributed by atoms with Crippen molar-refractivity contribution in [2.75, 3.05) is 13.1 Å². The summed E-state index contributed by atoms with van der Waals surface area (Å²) < 4.78 is 0. The Morgan fingerprint density at radius 3 is 3.00 bits per heavy atom. The summed E-state index contributed by atoms with van der Waals surface area (Å²) in [5.74, 6) is 0.671. The first-order valence-electron chi connectivity index (χ1n) is 6.60. The summed E-state index contributed by atoms with van der Waals surface area (Å²) in [7, 11) is 0. The van der Waals surface area contributed by atoms with Gasteiger partial charge in [0.25, 0.3) is 0 Å². The van der Waals surface area contributed by atoms with E-state index in [1.54, 1.807) is 11.3 Å². The number of halogens is 1. The molecule has 0 saturated carbocycles. The Labute approximate surface area is 120 Å². The molecule has 104 valence electrons. The average molecular weight is 290 g/mol. The van der Waals surface area contributed by atoms with Crippen molar-refractivity contribution in [3.63, 3.8) is 0 Å². The van der Waals surface area contributed by atoms with Gasteiger partial charge in [0.2, 0.25) is 0 Å². The molecule has 0 aromatic carbocycles. The Morgan fingerprint density at radius 1 is 1.61 bits per heavy atom. The minimum atomic E-state index is 0. The van der Waals surface area contributed by atoms with Crippen molar-refractivity contribution in [1.82, 2.24) is 9.88 Å². The second-order valence-corrected chi connectivity index (χ2v) is 6.07. The van der Waals surface area contributed by atoms with E-state index in [1.807, 2.05) is 0 Å². The van der Waals surface area contributed by atoms with Crippen LogP contribution in [0.5, 0.6) is 0 Å². The normalized spacial score (nSPS) is 21.8. The van der Waals surface area contributed by atoms with E-state index in [9.17, 15) is 0 Å². The van der Waals surface area contributed by atoms with Crippen LogP contribution < -0.4 is 5.73 Å². The van der Waals surface area contributed by atoms with Crippen molar-refractivity contribution in [3.8, 4) is 0 Å². The third-order valence-corrected chi connectivity index (χ3v) is 4.40. The van der Waals surface area contributed by atoms with Gasteiger partial charge >= 0.3 is 0 Å². The van der Waals surface area contributed by atoms with E-state index in [0.29, 0.717) is 12.0 Å². The molecule has 0 radical (unpaired) electrons. The quantitative estimate of drug-likeness (QED) is 0.906. The predicted octanol–water partition coefficient (Wildman–Crippen LogP) is 2.69. The van der Waals surface area contributed by atoms with E-state index in [4.69, 9.17) is 5.73 Å². The number of nitrogens with zero attached hydrogens (tertiary/aromatic N) is 2. The lowest BCUT2D eigenvalue weighted by atomic mass is 10.0. The van der Waals surface area contributed by atoms with Crippen molar-refractivity contribution >= 4 is 23.7 Å². The number of aryl methyl sites for hydroxylation is 1. The molecule has 5 heteroatoms. The summed E-state index contributed by atoms with van der Waals surface area (Å²) in [6.45, 7) is 7.65. The summed E-state index contributed by atoms with van der Waals surface area (Å²) >= 11 is 1.80. The molecule has 1 fully saturated rings. The van der Waals surface area contributed by atoms with Gasteiger partial charge in [0.15, 0.2) is 0 Å². The molecule has 1 aromatic rings. The van der Waals surface area contributed by atoms with Gasteiger partial charge in [0.05, 0.1) is 12.2 Å². The van der Waals surface area contributed by atoms with E-state index < -0.39 is 0 Å². The van der Waals surface area contributed by atoms with Gasteiger partial charge in [-0.15, -0.1) is 23.7 Å². The number of nitrogens with two attached hydrogens (primary N) is 1. The van der Waals surface area contributed by atoms with E-state index in [-0.39, 0.29) is 12.4 Å². The van der Waals surface area contributed by atoms with E-state index in [2.05, 4.69) is 29.1 Å². The first-order chi connectivity index (χ1) is 8.19. The van der Waals surface area contributed by atoms with Crippen molar-refractivity contribution in [2.24, 2.45) is 11.7 Å². The SMILES string of the molecule is CCCc1csc(CN2CCC(C(C)N)C2)n1.Cl. The first-order valence-corrected chi connectivity index (χ1v) is 7.48. The van der Waals surface area contributed by atoms with Crippen LogP contribution in [0, 0.1) is 5.92 Å². The van der Waals surface area contributed by atoms with E-state index in [0.717, 1.165) is 19.5 Å². The smallest absolute Gasteiger partial charge is 0.107 e. The molecule has 1 aromatic heterocycles. The minimum absolute atomic E-state index is 0. The topological polar surface area (TPSA) is 42.1 Å². The Bertz CT molecular complexity index is 354. The summed E-state index contributed by atoms with van der Waals surface area (Å²) in [4.78, 5) is 7.17. The van der Waals surface area contributed by atoms with Crippen molar-refractivity contribution in [3.05, 3.63) is 16.1 Å². The number of hydrogen-bond acceptors (Lipinski definition) is 4. The highest BCUT2D eigenvalue weighted by molar-refractivity contribution is 7.09. The zero-order valence-electron chi connectivity index (χ0n) is 11.3. The van der Waals surface area contributed by atoms with Crippen LogP contribution in [-0.4, -0.2) is 29.0 Å². The molecule has 2 heterocycles. The zero-order chi connectivity index (χ0) is 12.3. The summed E-state index contributed by atoms with van der Waals surface area (Å²) in [5, 5.41) is 3.47. The molecule has 0 spiro atoms. The van der Waals surface area contributed by atoms with E-state index in [1.165, 1.54) is 30.1 Å². The molecule has 3 nitrogen and oxygen atoms in total. The highest BCUT2D eigenvalue weighted by atomic mass is 35.5. The largest absolute Gasteiger partial charge is 0.328 e. The second-order valence-electron chi connectivity index (χ2n) is 5.13. The van der Waals surface area contributed by atoms with Gasteiger partial charge in [-0.3, -0.25) is 4.90 Å². The standard InChI is InChI=1S/C13H23N3S.ClH/c1-3-4-12-9-17-13(15-12)8-16-6-5-11(7-16)10(2)14;/h9-11H,3-8,14H2,1-2H3;1H. The summed E-state index contributed by atoms with van der Waals surface area (Å²) in [5.41, 5.74) is 7.22. The highest BCUT2D eigenvalue weighted by Crippen LogP contribution is 2.22. The van der Waals surface area contributed by atoms with Gasteiger partial charge < -0.3 is 5.73 Å². The predicted molar refractivity (Wildman–Crippen MR) is 80.4 cm³/mol. The zero-order valence-corrected chi connectivity index (χ0v) is 12.9. The van der Waals surface area contributed by atoms with Crippen LogP contribution in [0.2, 0.25) is 0 Å². The molecule has 2 rings (SSSR count). The molecule has 0 amide bonds. The summed E-state index contributed by atoms with van der Waals surface area (Å²) in [6.07, 6.45) is 3.53. The molecule has 1 saturated heterocycles. The maximum absolute atomic E-state index is 5.96. The molecular formula is C13H24ClN3S. The molecule has 0 bridgehead atoms. The Balaban J connectivity index is 0.00000162. The fourth-order valence-electron chi connectivity index (χ4n) is 2.42. The Kier molecular flexibility index (Phi) is 6.57. The Morgan fingerprint density at radius 2 is 2.39 bits per heavy atom. The number of hydrogen-bond donors (Lipinski definition) is 1. The maximum atomic E-state index is 5.96. The monoisotopic (exact) mass is 289 g/mol. The molecule has 18 heavy (non-hydrogen) atoms. The molecule has 1 aliphatic heterocycles. The Hall–Kier alpha value is -0.160. The van der Waals surface area contributed by atoms with Crippen LogP contribution in [0.3, 0.4) is 0 Å². The van der Waals surface area contributed by atoms with Gasteiger partial charge in [-0.1, -0.05) is 13.3 Å². The van der Waals surface area contributed by atoms with Crippen molar-refractivity contribution < 1.29 is 0 Å². The molecule has 2 atom stereocenters. The van der Waals surface area contributed by atoms with E-state index >= 15 is 0 Å². The van der Waals surface area contributed by atoms with Crippen molar-refractivity contribution in [1.29, 1.82) is 0 Å². The maximum Gasteiger partial charge on any atom is 0.107 e. The van der Waals surface area contributed by atoms with Gasteiger partial charge in [0, 0.05) is 18.0 Å². The van der Waals surface area contributed by atoms with Crippen LogP contribution in [0.25, 0.3) is 0 Å². The fraction of sp³-hybridized carbons (Fsp3) is 0.769. The minimum Gasteiger partial charge on any atom is -0.328 e. The molecule has 1 aliphatic rings. The number of thiazole rings is 1.